The lowest BCUT2D eigenvalue weighted by Crippen LogP contribution is -2.30. The maximum Gasteiger partial charge on any atom is 0.262 e. The van der Waals surface area contributed by atoms with Gasteiger partial charge >= 0.3 is 0 Å². The zero-order valence-corrected chi connectivity index (χ0v) is 17.5. The van der Waals surface area contributed by atoms with E-state index in [-0.39, 0.29) is 18.0 Å². The summed E-state index contributed by atoms with van der Waals surface area (Å²) in [6.45, 7) is 4.24. The average molecular weight is 409 g/mol. The summed E-state index contributed by atoms with van der Waals surface area (Å²) in [5.41, 5.74) is 5.63. The van der Waals surface area contributed by atoms with Gasteiger partial charge in [-0.15, -0.1) is 11.3 Å². The fraction of sp³-hybridized carbons (Fsp3) is 0.364. The lowest BCUT2D eigenvalue weighted by molar-refractivity contribution is -0.121. The van der Waals surface area contributed by atoms with Crippen molar-refractivity contribution >= 4 is 33.7 Å². The Bertz CT molecular complexity index is 1130. The van der Waals surface area contributed by atoms with Crippen molar-refractivity contribution in [1.29, 1.82) is 0 Å². The molecule has 2 aromatic heterocycles. The Kier molecular flexibility index (Phi) is 5.58. The SMILES string of the molecule is CCc1ccc(/C=N\NC(=O)Cn2cnc3sc4c(c3c2=O)CCC(C)C4)cc1. The smallest absolute Gasteiger partial charge is 0.262 e. The van der Waals surface area contributed by atoms with E-state index in [0.717, 1.165) is 41.6 Å². The van der Waals surface area contributed by atoms with Crippen molar-refractivity contribution in [2.24, 2.45) is 11.0 Å². The number of carbonyl (C=O) groups excluding carboxylic acids is 1. The standard InChI is InChI=1S/C22H24N4O2S/c1-3-15-5-7-16(8-6-15)11-24-25-19(27)12-26-13-23-21-20(22(26)28)17-9-4-14(2)10-18(17)29-21/h5-8,11,13-14H,3-4,9-10,12H2,1-2H3,(H,25,27)/b24-11-. The van der Waals surface area contributed by atoms with E-state index in [0.29, 0.717) is 11.3 Å². The van der Waals surface area contributed by atoms with Crippen molar-refractivity contribution in [1.82, 2.24) is 15.0 Å². The van der Waals surface area contributed by atoms with Crippen LogP contribution in [0.2, 0.25) is 0 Å². The molecule has 0 aliphatic heterocycles. The largest absolute Gasteiger partial charge is 0.289 e. The molecule has 150 valence electrons. The van der Waals surface area contributed by atoms with Crippen molar-refractivity contribution in [2.45, 2.75) is 46.1 Å². The Morgan fingerprint density at radius 3 is 2.93 bits per heavy atom. The van der Waals surface area contributed by atoms with Crippen molar-refractivity contribution in [3.05, 3.63) is 62.5 Å². The second-order valence-electron chi connectivity index (χ2n) is 7.60. The molecule has 0 saturated heterocycles. The number of thiophene rings is 1. The molecule has 1 aromatic carbocycles. The molecule has 4 rings (SSSR count). The minimum absolute atomic E-state index is 0.102. The first-order chi connectivity index (χ1) is 14.0. The van der Waals surface area contributed by atoms with Crippen molar-refractivity contribution in [3.63, 3.8) is 0 Å². The first-order valence-corrected chi connectivity index (χ1v) is 10.8. The molecular formula is C22H24N4O2S. The van der Waals surface area contributed by atoms with E-state index in [1.54, 1.807) is 17.6 Å². The number of hydrogen-bond acceptors (Lipinski definition) is 5. The van der Waals surface area contributed by atoms with Gasteiger partial charge in [-0.3, -0.25) is 14.2 Å². The van der Waals surface area contributed by atoms with Crippen LogP contribution in [-0.2, 0) is 30.6 Å². The maximum absolute atomic E-state index is 12.9. The molecule has 0 fully saturated rings. The van der Waals surface area contributed by atoms with Crippen LogP contribution in [-0.4, -0.2) is 21.7 Å². The molecule has 6 nitrogen and oxygen atoms in total. The third-order valence-electron chi connectivity index (χ3n) is 5.39. The monoisotopic (exact) mass is 408 g/mol. The maximum atomic E-state index is 12.9. The molecule has 1 N–H and O–H groups in total. The van der Waals surface area contributed by atoms with Crippen LogP contribution in [0.1, 0.15) is 41.8 Å². The molecular weight excluding hydrogens is 384 g/mol. The molecule has 1 amide bonds. The first-order valence-electron chi connectivity index (χ1n) is 9.95. The summed E-state index contributed by atoms with van der Waals surface area (Å²) in [7, 11) is 0. The molecule has 3 aromatic rings. The van der Waals surface area contributed by atoms with Gasteiger partial charge in [0.15, 0.2) is 0 Å². The number of nitrogens with zero attached hydrogens (tertiary/aromatic N) is 3. The van der Waals surface area contributed by atoms with Crippen LogP contribution in [0.4, 0.5) is 0 Å². The van der Waals surface area contributed by atoms with Crippen molar-refractivity contribution < 1.29 is 4.79 Å². The minimum atomic E-state index is -0.354. The summed E-state index contributed by atoms with van der Waals surface area (Å²) in [6.07, 6.45) is 7.03. The summed E-state index contributed by atoms with van der Waals surface area (Å²) in [5.74, 6) is 0.284. The van der Waals surface area contributed by atoms with Crippen LogP contribution >= 0.6 is 11.3 Å². The van der Waals surface area contributed by atoms with Crippen molar-refractivity contribution in [3.8, 4) is 0 Å². The quantitative estimate of drug-likeness (QED) is 0.520. The third-order valence-corrected chi connectivity index (χ3v) is 6.55. The number of nitrogens with one attached hydrogen (secondary N) is 1. The van der Waals surface area contributed by atoms with Gasteiger partial charge in [0.2, 0.25) is 0 Å². The number of aryl methyl sites for hydroxylation is 2. The molecule has 1 aliphatic rings. The number of amides is 1. The van der Waals surface area contributed by atoms with Crippen molar-refractivity contribution in [2.75, 3.05) is 0 Å². The highest BCUT2D eigenvalue weighted by Gasteiger charge is 2.23. The average Bonchev–Trinajstić information content (AvgIpc) is 3.09. The topological polar surface area (TPSA) is 76.3 Å². The zero-order valence-electron chi connectivity index (χ0n) is 16.6. The van der Waals surface area contributed by atoms with Gasteiger partial charge in [0.05, 0.1) is 17.9 Å². The predicted octanol–water partition coefficient (Wildman–Crippen LogP) is 3.30. The van der Waals surface area contributed by atoms with Gasteiger partial charge in [0, 0.05) is 4.88 Å². The van der Waals surface area contributed by atoms with Crippen LogP contribution in [0, 0.1) is 5.92 Å². The molecule has 1 aliphatic carbocycles. The lowest BCUT2D eigenvalue weighted by Gasteiger charge is -2.17. The molecule has 0 spiro atoms. The highest BCUT2D eigenvalue weighted by Crippen LogP contribution is 2.35. The van der Waals surface area contributed by atoms with Crippen LogP contribution < -0.4 is 11.0 Å². The van der Waals surface area contributed by atoms with Gasteiger partial charge in [0.1, 0.15) is 11.4 Å². The number of carbonyl (C=O) groups is 1. The van der Waals surface area contributed by atoms with E-state index in [2.05, 4.69) is 29.4 Å². The number of benzene rings is 1. The van der Waals surface area contributed by atoms with Crippen LogP contribution in [0.5, 0.6) is 0 Å². The van der Waals surface area contributed by atoms with Gasteiger partial charge in [-0.1, -0.05) is 38.1 Å². The highest BCUT2D eigenvalue weighted by molar-refractivity contribution is 7.18. The van der Waals surface area contributed by atoms with Gasteiger partial charge in [-0.25, -0.2) is 10.4 Å². The Hall–Kier alpha value is -2.80. The summed E-state index contributed by atoms with van der Waals surface area (Å²) in [4.78, 5) is 31.7. The Labute approximate surface area is 173 Å². The van der Waals surface area contributed by atoms with E-state index in [9.17, 15) is 9.59 Å². The molecule has 0 radical (unpaired) electrons. The molecule has 0 saturated carbocycles. The van der Waals surface area contributed by atoms with Gasteiger partial charge in [-0.2, -0.15) is 5.10 Å². The van der Waals surface area contributed by atoms with Crippen LogP contribution in [0.25, 0.3) is 10.2 Å². The summed E-state index contributed by atoms with van der Waals surface area (Å²) < 4.78 is 1.37. The highest BCUT2D eigenvalue weighted by atomic mass is 32.1. The van der Waals surface area contributed by atoms with E-state index in [1.165, 1.54) is 21.3 Å². The summed E-state index contributed by atoms with van der Waals surface area (Å²) >= 11 is 1.61. The molecule has 29 heavy (non-hydrogen) atoms. The number of hydrogen-bond donors (Lipinski definition) is 1. The van der Waals surface area contributed by atoms with E-state index in [1.807, 2.05) is 24.3 Å². The molecule has 2 heterocycles. The Balaban J connectivity index is 1.47. The molecule has 1 atom stereocenters. The fourth-order valence-electron chi connectivity index (χ4n) is 3.69. The van der Waals surface area contributed by atoms with Gasteiger partial charge in [-0.05, 0) is 48.3 Å². The Morgan fingerprint density at radius 1 is 1.38 bits per heavy atom. The van der Waals surface area contributed by atoms with E-state index in [4.69, 9.17) is 0 Å². The third kappa shape index (κ3) is 4.15. The first kappa shape index (κ1) is 19.5. The molecule has 7 heteroatoms. The number of rotatable bonds is 5. The summed E-state index contributed by atoms with van der Waals surface area (Å²) in [5, 5.41) is 4.68. The van der Waals surface area contributed by atoms with Crippen LogP contribution in [0.3, 0.4) is 0 Å². The second-order valence-corrected chi connectivity index (χ2v) is 8.68. The molecule has 0 bridgehead atoms. The van der Waals surface area contributed by atoms with Crippen LogP contribution in [0.15, 0.2) is 40.5 Å². The lowest BCUT2D eigenvalue weighted by atomic mass is 9.89. The summed E-state index contributed by atoms with van der Waals surface area (Å²) in [6, 6.07) is 7.98. The zero-order chi connectivity index (χ0) is 20.4. The van der Waals surface area contributed by atoms with E-state index < -0.39 is 0 Å². The second kappa shape index (κ2) is 8.29. The molecule has 1 unspecified atom stereocenters. The number of aromatic nitrogens is 2. The Morgan fingerprint density at radius 2 is 2.17 bits per heavy atom. The van der Waals surface area contributed by atoms with Gasteiger partial charge < -0.3 is 0 Å². The fourth-order valence-corrected chi connectivity index (χ4v) is 5.03. The predicted molar refractivity (Wildman–Crippen MR) is 117 cm³/mol. The van der Waals surface area contributed by atoms with E-state index >= 15 is 0 Å². The van der Waals surface area contributed by atoms with Gasteiger partial charge in [0.25, 0.3) is 11.5 Å². The number of fused-ring (bicyclic) bond motifs is 3. The minimum Gasteiger partial charge on any atom is -0.289 e. The normalized spacial score (nSPS) is 16.3. The number of hydrazone groups is 1.